The molecular formula is C23H24N4O9S3. The third-order valence-corrected chi connectivity index (χ3v) is 9.51. The molecule has 0 saturated heterocycles. The molecule has 2 aromatic heterocycles. The first kappa shape index (κ1) is 28.5. The number of hydrogen-bond acceptors (Lipinski definition) is 11. The summed E-state index contributed by atoms with van der Waals surface area (Å²) in [5.41, 5.74) is 1.47. The van der Waals surface area contributed by atoms with Crippen molar-refractivity contribution in [3.05, 3.63) is 49.1 Å². The van der Waals surface area contributed by atoms with E-state index >= 15 is 0 Å². The maximum Gasteiger partial charge on any atom is 0.341 e. The average Bonchev–Trinajstić information content (AvgIpc) is 3.53. The fourth-order valence-electron chi connectivity index (χ4n) is 4.21. The number of non-ortho nitro benzene ring substituents is 1. The van der Waals surface area contributed by atoms with Crippen LogP contribution in [0.4, 0.5) is 10.7 Å². The summed E-state index contributed by atoms with van der Waals surface area (Å²) in [6.07, 6.45) is 2.29. The van der Waals surface area contributed by atoms with Gasteiger partial charge in [0.15, 0.2) is 14.6 Å². The van der Waals surface area contributed by atoms with E-state index in [-0.39, 0.29) is 34.2 Å². The first-order chi connectivity index (χ1) is 18.5. The van der Waals surface area contributed by atoms with E-state index in [1.54, 1.807) is 4.57 Å². The summed E-state index contributed by atoms with van der Waals surface area (Å²) in [5, 5.41) is 13.8. The number of thiazole rings is 1. The van der Waals surface area contributed by atoms with Crippen LogP contribution in [0, 0.1) is 10.1 Å². The summed E-state index contributed by atoms with van der Waals surface area (Å²) in [6.45, 7) is 0.519. The van der Waals surface area contributed by atoms with Gasteiger partial charge >= 0.3 is 5.97 Å². The number of amides is 2. The topological polar surface area (TPSA) is 176 Å². The van der Waals surface area contributed by atoms with E-state index in [4.69, 9.17) is 9.47 Å². The maximum atomic E-state index is 12.7. The van der Waals surface area contributed by atoms with Gasteiger partial charge in [0.25, 0.3) is 11.6 Å². The number of anilines is 1. The molecule has 208 valence electrons. The number of nitrogens with zero attached hydrogens (tertiary/aromatic N) is 3. The summed E-state index contributed by atoms with van der Waals surface area (Å²) in [5.74, 6) is -4.52. The van der Waals surface area contributed by atoms with Gasteiger partial charge in [-0.1, -0.05) is 11.3 Å². The molecule has 0 atom stereocenters. The van der Waals surface area contributed by atoms with Gasteiger partial charge in [0.1, 0.15) is 16.5 Å². The number of nitro benzene ring substituents is 1. The molecule has 4 rings (SSSR count). The Labute approximate surface area is 230 Å². The van der Waals surface area contributed by atoms with Gasteiger partial charge in [-0.2, -0.15) is 4.99 Å². The number of carbonyl (C=O) groups is 3. The van der Waals surface area contributed by atoms with Crippen molar-refractivity contribution in [2.45, 2.75) is 25.8 Å². The lowest BCUT2D eigenvalue weighted by atomic mass is 10.1. The van der Waals surface area contributed by atoms with Crippen molar-refractivity contribution in [1.29, 1.82) is 0 Å². The first-order valence-electron chi connectivity index (χ1n) is 11.6. The Kier molecular flexibility index (Phi) is 8.58. The second kappa shape index (κ2) is 11.7. The Hall–Kier alpha value is -3.47. The SMILES string of the molecule is COCCn1c(=NC(=O)CS(=O)(=O)CC(=O)Nc2sc3c(c2C(=O)OC)CCC3)sc2cc([N+](=O)[O-])ccc21. The number of fused-ring (bicyclic) bond motifs is 2. The molecule has 0 bridgehead atoms. The molecule has 13 nitrogen and oxygen atoms in total. The Bertz CT molecular complexity index is 1650. The predicted octanol–water partition coefficient (Wildman–Crippen LogP) is 2.07. The summed E-state index contributed by atoms with van der Waals surface area (Å²) < 4.78 is 37.3. The molecule has 1 aromatic carbocycles. The number of hydrogen-bond donors (Lipinski definition) is 1. The van der Waals surface area contributed by atoms with Crippen LogP contribution in [-0.2, 0) is 48.3 Å². The van der Waals surface area contributed by atoms with Gasteiger partial charge in [0.2, 0.25) is 5.91 Å². The number of ether oxygens (including phenoxy) is 2. The van der Waals surface area contributed by atoms with E-state index in [0.717, 1.165) is 34.6 Å². The molecule has 16 heteroatoms. The van der Waals surface area contributed by atoms with Gasteiger partial charge in [-0.3, -0.25) is 19.7 Å². The van der Waals surface area contributed by atoms with Gasteiger partial charge in [0.05, 0.1) is 34.4 Å². The minimum atomic E-state index is -4.22. The average molecular weight is 597 g/mol. The molecule has 0 unspecified atom stereocenters. The van der Waals surface area contributed by atoms with Crippen LogP contribution < -0.4 is 10.1 Å². The molecule has 3 aromatic rings. The summed E-state index contributed by atoms with van der Waals surface area (Å²) in [4.78, 5) is 53.1. The highest BCUT2D eigenvalue weighted by molar-refractivity contribution is 7.92. The van der Waals surface area contributed by atoms with Crippen molar-refractivity contribution in [3.63, 3.8) is 0 Å². The van der Waals surface area contributed by atoms with Gasteiger partial charge < -0.3 is 19.4 Å². The Morgan fingerprint density at radius 2 is 1.95 bits per heavy atom. The number of rotatable bonds is 10. The van der Waals surface area contributed by atoms with Gasteiger partial charge in [-0.15, -0.1) is 11.3 Å². The number of aryl methyl sites for hydroxylation is 1. The monoisotopic (exact) mass is 596 g/mol. The highest BCUT2D eigenvalue weighted by Crippen LogP contribution is 2.39. The van der Waals surface area contributed by atoms with Crippen LogP contribution in [0.2, 0.25) is 0 Å². The lowest BCUT2D eigenvalue weighted by Crippen LogP contribution is -2.28. The molecule has 1 aliphatic carbocycles. The molecular weight excluding hydrogens is 572 g/mol. The van der Waals surface area contributed by atoms with Gasteiger partial charge in [-0.05, 0) is 30.9 Å². The van der Waals surface area contributed by atoms with E-state index < -0.39 is 44.0 Å². The van der Waals surface area contributed by atoms with Crippen molar-refractivity contribution >= 4 is 71.2 Å². The lowest BCUT2D eigenvalue weighted by molar-refractivity contribution is -0.384. The smallest absolute Gasteiger partial charge is 0.341 e. The summed E-state index contributed by atoms with van der Waals surface area (Å²) in [7, 11) is -1.51. The molecule has 0 fully saturated rings. The lowest BCUT2D eigenvalue weighted by Gasteiger charge is -2.07. The van der Waals surface area contributed by atoms with Crippen molar-refractivity contribution in [2.75, 3.05) is 37.6 Å². The molecule has 0 spiro atoms. The zero-order chi connectivity index (χ0) is 28.3. The molecule has 0 saturated carbocycles. The largest absolute Gasteiger partial charge is 0.465 e. The van der Waals surface area contributed by atoms with E-state index in [2.05, 4.69) is 10.3 Å². The van der Waals surface area contributed by atoms with Crippen molar-refractivity contribution in [3.8, 4) is 0 Å². The summed E-state index contributed by atoms with van der Waals surface area (Å²) in [6, 6.07) is 4.19. The molecule has 2 amide bonds. The fourth-order valence-corrected chi connectivity index (χ4v) is 7.62. The molecule has 0 radical (unpaired) electrons. The number of sulfone groups is 1. The van der Waals surface area contributed by atoms with Crippen molar-refractivity contribution in [1.82, 2.24) is 4.57 Å². The number of nitrogens with one attached hydrogen (secondary N) is 1. The normalized spacial score (nSPS) is 13.4. The van der Waals surface area contributed by atoms with Crippen molar-refractivity contribution in [2.24, 2.45) is 4.99 Å². The maximum absolute atomic E-state index is 12.7. The molecule has 1 N–H and O–H groups in total. The Morgan fingerprint density at radius 3 is 2.64 bits per heavy atom. The van der Waals surface area contributed by atoms with E-state index in [0.29, 0.717) is 16.6 Å². The minimum Gasteiger partial charge on any atom is -0.465 e. The van der Waals surface area contributed by atoms with E-state index in [1.807, 2.05) is 0 Å². The van der Waals surface area contributed by atoms with Crippen LogP contribution in [0.25, 0.3) is 10.2 Å². The number of aromatic nitrogens is 1. The molecule has 2 heterocycles. The quantitative estimate of drug-likeness (QED) is 0.209. The number of thiophene rings is 1. The highest BCUT2D eigenvalue weighted by Gasteiger charge is 2.29. The summed E-state index contributed by atoms with van der Waals surface area (Å²) >= 11 is 2.20. The number of methoxy groups -OCH3 is 2. The highest BCUT2D eigenvalue weighted by atomic mass is 32.2. The van der Waals surface area contributed by atoms with Crippen molar-refractivity contribution < 1.29 is 37.2 Å². The first-order valence-corrected chi connectivity index (χ1v) is 15.1. The number of benzene rings is 1. The molecule has 0 aliphatic heterocycles. The number of carbonyl (C=O) groups excluding carboxylic acids is 3. The van der Waals surface area contributed by atoms with Crippen LogP contribution in [0.15, 0.2) is 23.2 Å². The van der Waals surface area contributed by atoms with Crippen LogP contribution in [-0.4, -0.2) is 68.0 Å². The van der Waals surface area contributed by atoms with Crippen LogP contribution in [0.3, 0.4) is 0 Å². The predicted molar refractivity (Wildman–Crippen MR) is 144 cm³/mol. The van der Waals surface area contributed by atoms with Gasteiger partial charge in [0, 0.05) is 30.7 Å². The molecule has 39 heavy (non-hydrogen) atoms. The number of nitro groups is 1. The number of esters is 1. The fraction of sp³-hybridized carbons (Fsp3) is 0.391. The Balaban J connectivity index is 1.52. The standard InChI is InChI=1S/C23H24N4O9S3/c1-35-9-8-26-15-7-6-13(27(31)32)10-17(15)38-23(26)25-19(29)12-39(33,34)11-18(28)24-21-20(22(30)36-2)14-4-3-5-16(14)37-21/h6-7,10H,3-5,8-9,11-12H2,1-2H3,(H,24,28). The van der Waals surface area contributed by atoms with Crippen LogP contribution in [0.1, 0.15) is 27.2 Å². The second-order valence-corrected chi connectivity index (χ2v) is 12.8. The minimum absolute atomic E-state index is 0.138. The Morgan fingerprint density at radius 1 is 1.18 bits per heavy atom. The molecule has 1 aliphatic rings. The van der Waals surface area contributed by atoms with Crippen LogP contribution in [0.5, 0.6) is 0 Å². The zero-order valence-corrected chi connectivity index (χ0v) is 23.4. The third kappa shape index (κ3) is 6.41. The van der Waals surface area contributed by atoms with E-state index in [9.17, 15) is 32.9 Å². The van der Waals surface area contributed by atoms with E-state index in [1.165, 1.54) is 43.8 Å². The zero-order valence-electron chi connectivity index (χ0n) is 20.9. The second-order valence-electron chi connectivity index (χ2n) is 8.58. The third-order valence-electron chi connectivity index (χ3n) is 5.87. The van der Waals surface area contributed by atoms with Gasteiger partial charge in [-0.25, -0.2) is 13.2 Å². The van der Waals surface area contributed by atoms with Crippen LogP contribution >= 0.6 is 22.7 Å².